The first-order chi connectivity index (χ1) is 7.29. The zero-order valence-electron chi connectivity index (χ0n) is 8.02. The smallest absolute Gasteiger partial charge is 0.294 e. The molecule has 0 N–H and O–H groups in total. The van der Waals surface area contributed by atoms with Gasteiger partial charge in [0.05, 0.1) is 11.1 Å². The van der Waals surface area contributed by atoms with Gasteiger partial charge in [-0.3, -0.25) is 4.79 Å². The Morgan fingerprint density at radius 3 is 2.38 bits per heavy atom. The van der Waals surface area contributed by atoms with Crippen molar-refractivity contribution in [2.75, 3.05) is 0 Å². The Balaban J connectivity index is 3.62. The lowest BCUT2D eigenvalue weighted by Gasteiger charge is -2.13. The predicted octanol–water partition coefficient (Wildman–Crippen LogP) is 3.38. The second-order valence-corrected chi connectivity index (χ2v) is 4.09. The van der Waals surface area contributed by atoms with Crippen molar-refractivity contribution in [1.29, 1.82) is 5.26 Å². The van der Waals surface area contributed by atoms with E-state index in [0.29, 0.717) is 0 Å². The fourth-order valence-electron chi connectivity index (χ4n) is 1.24. The van der Waals surface area contributed by atoms with Gasteiger partial charge >= 0.3 is 6.18 Å². The van der Waals surface area contributed by atoms with Gasteiger partial charge in [0.1, 0.15) is 6.07 Å². The number of nitriles is 1. The third-order valence-corrected chi connectivity index (χ3v) is 3.04. The Morgan fingerprint density at radius 1 is 1.44 bits per heavy atom. The summed E-state index contributed by atoms with van der Waals surface area (Å²) in [5.41, 5.74) is -1.37. The van der Waals surface area contributed by atoms with Crippen LogP contribution < -0.4 is 0 Å². The van der Waals surface area contributed by atoms with E-state index in [4.69, 9.17) is 5.26 Å². The van der Waals surface area contributed by atoms with Crippen LogP contribution in [-0.4, -0.2) is 5.78 Å². The van der Waals surface area contributed by atoms with Gasteiger partial charge in [0.25, 0.3) is 0 Å². The molecule has 0 radical (unpaired) electrons. The first-order valence-corrected chi connectivity index (χ1v) is 5.17. The first-order valence-electron chi connectivity index (χ1n) is 4.09. The van der Waals surface area contributed by atoms with Crippen LogP contribution in [-0.2, 0) is 6.18 Å². The number of carbonyl (C=O) groups is 1. The molecule has 84 valence electrons. The van der Waals surface area contributed by atoms with Crippen LogP contribution in [0.5, 0.6) is 0 Å². The molecule has 0 aliphatic rings. The van der Waals surface area contributed by atoms with Crippen molar-refractivity contribution >= 4 is 28.4 Å². The number of Topliss-reactive ketones (excluding diaryl/α,β-unsaturated/α-hetero) is 1. The number of hydrogen-bond donors (Lipinski definition) is 0. The average molecular weight is 339 g/mol. The standard InChI is InChI=1S/C10H5F3INO/c1-5(16)8-7(10(11,12)13)3-2-6(4-15)9(8)14/h2-3H,1H3. The molecule has 0 saturated heterocycles. The number of ketones is 1. The Morgan fingerprint density at radius 2 is 2.00 bits per heavy atom. The van der Waals surface area contributed by atoms with E-state index >= 15 is 0 Å². The van der Waals surface area contributed by atoms with Crippen LogP contribution in [0.3, 0.4) is 0 Å². The quantitative estimate of drug-likeness (QED) is 0.581. The molecule has 1 rings (SSSR count). The van der Waals surface area contributed by atoms with E-state index in [1.807, 2.05) is 0 Å². The summed E-state index contributed by atoms with van der Waals surface area (Å²) in [4.78, 5) is 11.2. The third kappa shape index (κ3) is 2.35. The Bertz CT molecular complexity index is 488. The molecule has 1 aromatic rings. The van der Waals surface area contributed by atoms with Crippen LogP contribution in [0.15, 0.2) is 12.1 Å². The van der Waals surface area contributed by atoms with Crippen LogP contribution in [0.25, 0.3) is 0 Å². The van der Waals surface area contributed by atoms with Crippen molar-refractivity contribution in [3.05, 3.63) is 32.4 Å². The highest BCUT2D eigenvalue weighted by molar-refractivity contribution is 14.1. The number of nitrogens with zero attached hydrogens (tertiary/aromatic N) is 1. The summed E-state index contributed by atoms with van der Waals surface area (Å²) in [5.74, 6) is -0.700. The van der Waals surface area contributed by atoms with Crippen LogP contribution in [0.2, 0.25) is 0 Å². The van der Waals surface area contributed by atoms with Crippen LogP contribution in [0.1, 0.15) is 28.4 Å². The molecule has 0 spiro atoms. The van der Waals surface area contributed by atoms with E-state index in [-0.39, 0.29) is 9.13 Å². The molecule has 0 heterocycles. The van der Waals surface area contributed by atoms with Crippen molar-refractivity contribution in [3.8, 4) is 6.07 Å². The van der Waals surface area contributed by atoms with Crippen molar-refractivity contribution < 1.29 is 18.0 Å². The molecule has 0 aromatic heterocycles. The molecule has 0 amide bonds. The molecule has 1 aromatic carbocycles. The number of halogens is 4. The van der Waals surface area contributed by atoms with E-state index in [0.717, 1.165) is 19.1 Å². The van der Waals surface area contributed by atoms with Gasteiger partial charge in [-0.1, -0.05) is 0 Å². The molecule has 6 heteroatoms. The van der Waals surface area contributed by atoms with Crippen molar-refractivity contribution in [1.82, 2.24) is 0 Å². The SMILES string of the molecule is CC(=O)c1c(C(F)(F)F)ccc(C#N)c1I. The van der Waals surface area contributed by atoms with Gasteiger partial charge in [0.15, 0.2) is 5.78 Å². The maximum Gasteiger partial charge on any atom is 0.417 e. The van der Waals surface area contributed by atoms with E-state index in [9.17, 15) is 18.0 Å². The molecular weight excluding hydrogens is 334 g/mol. The number of alkyl halides is 3. The zero-order valence-corrected chi connectivity index (χ0v) is 10.2. The van der Waals surface area contributed by atoms with Gasteiger partial charge in [-0.15, -0.1) is 0 Å². The third-order valence-electron chi connectivity index (χ3n) is 1.92. The molecule has 0 unspecified atom stereocenters. The summed E-state index contributed by atoms with van der Waals surface area (Å²) < 4.78 is 37.8. The molecule has 0 bridgehead atoms. The fraction of sp³-hybridized carbons (Fsp3) is 0.200. The zero-order chi connectivity index (χ0) is 12.5. The minimum absolute atomic E-state index is 0.0439. The molecule has 0 fully saturated rings. The second kappa shape index (κ2) is 4.41. The lowest BCUT2D eigenvalue weighted by atomic mass is 10.0. The molecule has 0 atom stereocenters. The van der Waals surface area contributed by atoms with E-state index < -0.39 is 23.1 Å². The van der Waals surface area contributed by atoms with Gasteiger partial charge in [-0.2, -0.15) is 18.4 Å². The van der Waals surface area contributed by atoms with Crippen LogP contribution in [0, 0.1) is 14.9 Å². The maximum atomic E-state index is 12.6. The molecule has 0 saturated carbocycles. The normalized spacial score (nSPS) is 11.0. The highest BCUT2D eigenvalue weighted by Crippen LogP contribution is 2.35. The van der Waals surface area contributed by atoms with Gasteiger partial charge in [-0.25, -0.2) is 0 Å². The van der Waals surface area contributed by atoms with Gasteiger partial charge in [-0.05, 0) is 41.6 Å². The Labute approximate surface area is 103 Å². The summed E-state index contributed by atoms with van der Waals surface area (Å²) in [7, 11) is 0. The lowest BCUT2D eigenvalue weighted by Crippen LogP contribution is -2.14. The molecule has 0 aliphatic heterocycles. The van der Waals surface area contributed by atoms with E-state index in [1.165, 1.54) is 0 Å². The largest absolute Gasteiger partial charge is 0.417 e. The first kappa shape index (κ1) is 13.0. The summed E-state index contributed by atoms with van der Waals surface area (Å²) in [6.45, 7) is 1.05. The van der Waals surface area contributed by atoms with Crippen molar-refractivity contribution in [2.45, 2.75) is 13.1 Å². The highest BCUT2D eigenvalue weighted by atomic mass is 127. The molecular formula is C10H5F3INO. The molecule has 16 heavy (non-hydrogen) atoms. The Hall–Kier alpha value is -1.10. The van der Waals surface area contributed by atoms with E-state index in [2.05, 4.69) is 0 Å². The van der Waals surface area contributed by atoms with Gasteiger partial charge in [0, 0.05) is 9.13 Å². The lowest BCUT2D eigenvalue weighted by molar-refractivity contribution is -0.138. The summed E-state index contributed by atoms with van der Waals surface area (Å²) in [6, 6.07) is 3.57. The fourth-order valence-corrected chi connectivity index (χ4v) is 2.21. The number of benzene rings is 1. The monoisotopic (exact) mass is 339 g/mol. The number of rotatable bonds is 1. The van der Waals surface area contributed by atoms with E-state index in [1.54, 1.807) is 28.7 Å². The van der Waals surface area contributed by atoms with Crippen molar-refractivity contribution in [2.24, 2.45) is 0 Å². The van der Waals surface area contributed by atoms with Gasteiger partial charge < -0.3 is 0 Å². The predicted molar refractivity (Wildman–Crippen MR) is 58.9 cm³/mol. The highest BCUT2D eigenvalue weighted by Gasteiger charge is 2.35. The van der Waals surface area contributed by atoms with Crippen molar-refractivity contribution in [3.63, 3.8) is 0 Å². The van der Waals surface area contributed by atoms with Crippen LogP contribution >= 0.6 is 22.6 Å². The molecule has 0 aliphatic carbocycles. The second-order valence-electron chi connectivity index (χ2n) is 3.02. The number of carbonyl (C=O) groups excluding carboxylic acids is 1. The molecule has 2 nitrogen and oxygen atoms in total. The van der Waals surface area contributed by atoms with Crippen LogP contribution in [0.4, 0.5) is 13.2 Å². The Kier molecular flexibility index (Phi) is 3.57. The number of hydrogen-bond acceptors (Lipinski definition) is 2. The summed E-state index contributed by atoms with van der Waals surface area (Å²) in [5, 5.41) is 8.67. The minimum Gasteiger partial charge on any atom is -0.294 e. The minimum atomic E-state index is -4.59. The maximum absolute atomic E-state index is 12.6. The average Bonchev–Trinajstić information content (AvgIpc) is 2.15. The topological polar surface area (TPSA) is 40.9 Å². The summed E-state index contributed by atoms with van der Waals surface area (Å²) >= 11 is 1.58. The van der Waals surface area contributed by atoms with Gasteiger partial charge in [0.2, 0.25) is 0 Å². The summed E-state index contributed by atoms with van der Waals surface area (Å²) in [6.07, 6.45) is -4.59.